The number of imide groups is 1. The van der Waals surface area contributed by atoms with E-state index in [1.807, 2.05) is 6.92 Å². The number of rotatable bonds is 5. The summed E-state index contributed by atoms with van der Waals surface area (Å²) in [5.41, 5.74) is 0.424. The highest BCUT2D eigenvalue weighted by Gasteiger charge is 2.54. The molecule has 4 bridgehead atoms. The standard InChI is InChI=1S/C22H37N3O2/c1-14(20(26)25-21(27)24-19-6-4-3-5-7-19)23-15(2)22-11-16-8-17(12-22)10-18(9-16)13-22/h14-19,23H,3-13H2,1-2H3,(H2,24,25,26,27)/p+1/t14-,15+,16?,17?,18?,22?/m0/s1. The van der Waals surface area contributed by atoms with Crippen LogP contribution in [0.15, 0.2) is 0 Å². The second kappa shape index (κ2) is 7.73. The van der Waals surface area contributed by atoms with Crippen molar-refractivity contribution in [1.29, 1.82) is 0 Å². The molecule has 0 heterocycles. The van der Waals surface area contributed by atoms with Crippen molar-refractivity contribution in [2.45, 2.75) is 103 Å². The van der Waals surface area contributed by atoms with Crippen LogP contribution in [0.1, 0.15) is 84.5 Å². The van der Waals surface area contributed by atoms with Crippen LogP contribution >= 0.6 is 0 Å². The zero-order chi connectivity index (χ0) is 19.0. The molecule has 4 N–H and O–H groups in total. The first kappa shape index (κ1) is 19.2. The highest BCUT2D eigenvalue weighted by atomic mass is 16.2. The summed E-state index contributed by atoms with van der Waals surface area (Å²) in [5, 5.41) is 7.80. The summed E-state index contributed by atoms with van der Waals surface area (Å²) in [6.07, 6.45) is 14.1. The molecule has 5 nitrogen and oxygen atoms in total. The van der Waals surface area contributed by atoms with Gasteiger partial charge in [0, 0.05) is 11.5 Å². The number of hydrogen-bond donors (Lipinski definition) is 3. The Morgan fingerprint density at radius 1 is 0.926 bits per heavy atom. The van der Waals surface area contributed by atoms with Gasteiger partial charge in [-0.15, -0.1) is 0 Å². The summed E-state index contributed by atoms with van der Waals surface area (Å²) in [7, 11) is 0. The number of nitrogens with one attached hydrogen (secondary N) is 2. The molecule has 5 aliphatic rings. The van der Waals surface area contributed by atoms with Crippen LogP contribution in [-0.4, -0.2) is 30.1 Å². The number of hydrogen-bond acceptors (Lipinski definition) is 2. The highest BCUT2D eigenvalue weighted by Crippen LogP contribution is 2.60. The second-order valence-corrected chi connectivity index (χ2v) is 10.3. The summed E-state index contributed by atoms with van der Waals surface area (Å²) in [6.45, 7) is 4.26. The molecule has 3 amide bonds. The molecule has 152 valence electrons. The van der Waals surface area contributed by atoms with Gasteiger partial charge in [0.1, 0.15) is 0 Å². The molecule has 2 atom stereocenters. The lowest BCUT2D eigenvalue weighted by atomic mass is 9.48. The van der Waals surface area contributed by atoms with Crippen molar-refractivity contribution in [2.24, 2.45) is 23.2 Å². The molecule has 5 fully saturated rings. The SMILES string of the molecule is C[C@H]([NH2+][C@H](C)C12CC3CC(CC(C3)C1)C2)C(=O)NC(=O)NC1CCCCC1. The molecular weight excluding hydrogens is 338 g/mol. The Bertz CT molecular complexity index is 535. The molecule has 0 aliphatic heterocycles. The summed E-state index contributed by atoms with van der Waals surface area (Å²) in [5.74, 6) is 2.63. The largest absolute Gasteiger partial charge is 0.335 e. The van der Waals surface area contributed by atoms with E-state index in [1.54, 1.807) is 0 Å². The maximum Gasteiger partial charge on any atom is 0.321 e. The quantitative estimate of drug-likeness (QED) is 0.690. The van der Waals surface area contributed by atoms with Crippen LogP contribution in [0.4, 0.5) is 4.79 Å². The van der Waals surface area contributed by atoms with E-state index in [4.69, 9.17) is 0 Å². The lowest BCUT2D eigenvalue weighted by Crippen LogP contribution is -2.99. The fourth-order valence-electron chi connectivity index (χ4n) is 7.15. The zero-order valence-electron chi connectivity index (χ0n) is 17.1. The molecule has 0 aromatic rings. The molecule has 5 saturated carbocycles. The minimum Gasteiger partial charge on any atom is -0.335 e. The van der Waals surface area contributed by atoms with Crippen LogP contribution in [0.3, 0.4) is 0 Å². The molecule has 0 aromatic heterocycles. The zero-order valence-corrected chi connectivity index (χ0v) is 17.1. The average Bonchev–Trinajstić information content (AvgIpc) is 2.61. The molecule has 5 rings (SSSR count). The van der Waals surface area contributed by atoms with Crippen LogP contribution in [0, 0.1) is 23.2 Å². The third-order valence-corrected chi connectivity index (χ3v) is 8.22. The molecule has 0 spiro atoms. The number of amides is 3. The van der Waals surface area contributed by atoms with Crippen molar-refractivity contribution in [3.05, 3.63) is 0 Å². The summed E-state index contributed by atoms with van der Waals surface area (Å²) < 4.78 is 0. The number of urea groups is 1. The Morgan fingerprint density at radius 3 is 2.04 bits per heavy atom. The number of carbonyl (C=O) groups is 2. The number of carbonyl (C=O) groups excluding carboxylic acids is 2. The van der Waals surface area contributed by atoms with Crippen molar-refractivity contribution in [3.63, 3.8) is 0 Å². The smallest absolute Gasteiger partial charge is 0.321 e. The van der Waals surface area contributed by atoms with E-state index in [0.717, 1.165) is 30.6 Å². The topological polar surface area (TPSA) is 74.8 Å². The fourth-order valence-corrected chi connectivity index (χ4v) is 7.15. The van der Waals surface area contributed by atoms with Crippen molar-refractivity contribution in [2.75, 3.05) is 0 Å². The molecule has 5 heteroatoms. The van der Waals surface area contributed by atoms with E-state index in [9.17, 15) is 9.59 Å². The van der Waals surface area contributed by atoms with Crippen molar-refractivity contribution in [1.82, 2.24) is 10.6 Å². The molecular formula is C22H38N3O2+. The van der Waals surface area contributed by atoms with E-state index in [2.05, 4.69) is 22.9 Å². The monoisotopic (exact) mass is 376 g/mol. The van der Waals surface area contributed by atoms with Crippen LogP contribution in [0.25, 0.3) is 0 Å². The minimum absolute atomic E-state index is 0.153. The third-order valence-electron chi connectivity index (χ3n) is 8.22. The van der Waals surface area contributed by atoms with Gasteiger partial charge in [0.15, 0.2) is 6.04 Å². The van der Waals surface area contributed by atoms with Gasteiger partial charge in [-0.25, -0.2) is 4.79 Å². The predicted molar refractivity (Wildman–Crippen MR) is 105 cm³/mol. The Labute approximate surface area is 163 Å². The van der Waals surface area contributed by atoms with Gasteiger partial charge in [0.2, 0.25) is 0 Å². The van der Waals surface area contributed by atoms with Gasteiger partial charge in [-0.1, -0.05) is 19.3 Å². The summed E-state index contributed by atoms with van der Waals surface area (Å²) in [4.78, 5) is 24.7. The van der Waals surface area contributed by atoms with E-state index < -0.39 is 0 Å². The molecule has 27 heavy (non-hydrogen) atoms. The van der Waals surface area contributed by atoms with E-state index in [1.165, 1.54) is 57.8 Å². The normalized spacial score (nSPS) is 37.6. The van der Waals surface area contributed by atoms with Gasteiger partial charge in [0.25, 0.3) is 5.91 Å². The second-order valence-electron chi connectivity index (χ2n) is 10.3. The Morgan fingerprint density at radius 2 is 1.48 bits per heavy atom. The van der Waals surface area contributed by atoms with Crippen molar-refractivity contribution in [3.8, 4) is 0 Å². The van der Waals surface area contributed by atoms with Crippen LogP contribution in [-0.2, 0) is 4.79 Å². The first-order valence-corrected chi connectivity index (χ1v) is 11.4. The van der Waals surface area contributed by atoms with Crippen LogP contribution in [0.5, 0.6) is 0 Å². The Kier molecular flexibility index (Phi) is 5.50. The average molecular weight is 377 g/mol. The first-order chi connectivity index (χ1) is 12.9. The Hall–Kier alpha value is -1.10. The minimum atomic E-state index is -0.311. The van der Waals surface area contributed by atoms with Gasteiger partial charge in [-0.2, -0.15) is 0 Å². The van der Waals surface area contributed by atoms with Gasteiger partial charge in [-0.05, 0) is 83.0 Å². The van der Waals surface area contributed by atoms with E-state index in [-0.39, 0.29) is 24.0 Å². The maximum atomic E-state index is 12.6. The molecule has 0 radical (unpaired) electrons. The van der Waals surface area contributed by atoms with Crippen LogP contribution in [0.2, 0.25) is 0 Å². The van der Waals surface area contributed by atoms with E-state index in [0.29, 0.717) is 11.5 Å². The summed E-state index contributed by atoms with van der Waals surface area (Å²) >= 11 is 0. The first-order valence-electron chi connectivity index (χ1n) is 11.4. The van der Waals surface area contributed by atoms with Gasteiger partial charge < -0.3 is 10.6 Å². The van der Waals surface area contributed by atoms with Crippen molar-refractivity contribution >= 4 is 11.9 Å². The highest BCUT2D eigenvalue weighted by molar-refractivity contribution is 5.96. The molecule has 5 aliphatic carbocycles. The number of quaternary nitrogens is 1. The van der Waals surface area contributed by atoms with Gasteiger partial charge >= 0.3 is 6.03 Å². The predicted octanol–water partition coefficient (Wildman–Crippen LogP) is 2.70. The fraction of sp³-hybridized carbons (Fsp3) is 0.909. The molecule has 0 saturated heterocycles. The summed E-state index contributed by atoms with van der Waals surface area (Å²) in [6, 6.07) is 0.157. The lowest BCUT2D eigenvalue weighted by molar-refractivity contribution is -0.719. The van der Waals surface area contributed by atoms with Crippen LogP contribution < -0.4 is 16.0 Å². The van der Waals surface area contributed by atoms with Gasteiger partial charge in [0.05, 0.1) is 6.04 Å². The maximum absolute atomic E-state index is 12.6. The number of nitrogens with two attached hydrogens (primary N) is 1. The third kappa shape index (κ3) is 4.18. The van der Waals surface area contributed by atoms with Gasteiger partial charge in [-0.3, -0.25) is 10.1 Å². The lowest BCUT2D eigenvalue weighted by Gasteiger charge is -2.58. The molecule has 0 unspecified atom stereocenters. The Balaban J connectivity index is 1.27. The van der Waals surface area contributed by atoms with Crippen molar-refractivity contribution < 1.29 is 14.9 Å². The molecule has 0 aromatic carbocycles. The van der Waals surface area contributed by atoms with E-state index >= 15 is 0 Å².